The second kappa shape index (κ2) is 4.62. The molecule has 2 unspecified atom stereocenters. The molecule has 2 aliphatic rings. The van der Waals surface area contributed by atoms with Crippen molar-refractivity contribution < 1.29 is 9.59 Å². The lowest BCUT2D eigenvalue weighted by atomic mass is 9.89. The first-order valence-corrected chi connectivity index (χ1v) is 7.19. The molecular weight excluding hydrogens is 252 g/mol. The minimum Gasteiger partial charge on any atom is -0.340 e. The SMILES string of the molecule is CC1C(=O)NC(C)(C2CC2)C(=O)N1Cc1ccccc1. The van der Waals surface area contributed by atoms with Crippen molar-refractivity contribution in [2.24, 2.45) is 5.92 Å². The summed E-state index contributed by atoms with van der Waals surface area (Å²) in [4.78, 5) is 26.7. The lowest BCUT2D eigenvalue weighted by molar-refractivity contribution is -0.155. The van der Waals surface area contributed by atoms with Gasteiger partial charge in [0, 0.05) is 6.54 Å². The van der Waals surface area contributed by atoms with Gasteiger partial charge < -0.3 is 10.2 Å². The van der Waals surface area contributed by atoms with Crippen LogP contribution in [0, 0.1) is 5.92 Å². The summed E-state index contributed by atoms with van der Waals surface area (Å²) in [7, 11) is 0. The van der Waals surface area contributed by atoms with Gasteiger partial charge in [-0.05, 0) is 38.2 Å². The van der Waals surface area contributed by atoms with Gasteiger partial charge in [0.05, 0.1) is 0 Å². The largest absolute Gasteiger partial charge is 0.340 e. The van der Waals surface area contributed by atoms with Crippen molar-refractivity contribution in [2.45, 2.75) is 44.8 Å². The Balaban J connectivity index is 1.87. The van der Waals surface area contributed by atoms with Crippen LogP contribution in [-0.2, 0) is 16.1 Å². The first-order valence-electron chi connectivity index (χ1n) is 7.19. The van der Waals surface area contributed by atoms with Gasteiger partial charge in [0.15, 0.2) is 0 Å². The summed E-state index contributed by atoms with van der Waals surface area (Å²) in [6.07, 6.45) is 2.05. The smallest absolute Gasteiger partial charge is 0.249 e. The number of nitrogens with one attached hydrogen (secondary N) is 1. The van der Waals surface area contributed by atoms with E-state index in [2.05, 4.69) is 5.32 Å². The lowest BCUT2D eigenvalue weighted by Gasteiger charge is -2.43. The van der Waals surface area contributed by atoms with Gasteiger partial charge in [0.1, 0.15) is 11.6 Å². The minimum atomic E-state index is -0.710. The predicted octanol–water partition coefficient (Wildman–Crippen LogP) is 1.70. The number of hydrogen-bond donors (Lipinski definition) is 1. The lowest BCUT2D eigenvalue weighted by Crippen LogP contribution is -2.69. The van der Waals surface area contributed by atoms with Crippen LogP contribution in [0.3, 0.4) is 0 Å². The van der Waals surface area contributed by atoms with Gasteiger partial charge in [-0.3, -0.25) is 9.59 Å². The van der Waals surface area contributed by atoms with Crippen molar-refractivity contribution in [3.05, 3.63) is 35.9 Å². The monoisotopic (exact) mass is 272 g/mol. The fourth-order valence-electron chi connectivity index (χ4n) is 2.96. The van der Waals surface area contributed by atoms with Gasteiger partial charge in [-0.1, -0.05) is 30.3 Å². The second-order valence-electron chi connectivity index (χ2n) is 6.06. The van der Waals surface area contributed by atoms with E-state index in [9.17, 15) is 9.59 Å². The number of hydrogen-bond acceptors (Lipinski definition) is 2. The maximum Gasteiger partial charge on any atom is 0.249 e. The standard InChI is InChI=1S/C16H20N2O2/c1-11-14(19)17-16(2,13-8-9-13)15(20)18(11)10-12-6-4-3-5-7-12/h3-7,11,13H,8-10H2,1-2H3,(H,17,19). The third kappa shape index (κ3) is 2.09. The normalized spacial score (nSPS) is 30.3. The van der Waals surface area contributed by atoms with Crippen LogP contribution in [0.5, 0.6) is 0 Å². The van der Waals surface area contributed by atoms with Crippen LogP contribution < -0.4 is 5.32 Å². The Morgan fingerprint density at radius 2 is 1.90 bits per heavy atom. The van der Waals surface area contributed by atoms with Crippen LogP contribution in [0.2, 0.25) is 0 Å². The molecule has 1 N–H and O–H groups in total. The Hall–Kier alpha value is -1.84. The number of amides is 2. The van der Waals surface area contributed by atoms with Crippen LogP contribution in [0.25, 0.3) is 0 Å². The number of rotatable bonds is 3. The quantitative estimate of drug-likeness (QED) is 0.910. The highest BCUT2D eigenvalue weighted by molar-refractivity contribution is 5.99. The zero-order valence-electron chi connectivity index (χ0n) is 11.9. The Labute approximate surface area is 119 Å². The Bertz CT molecular complexity index is 539. The van der Waals surface area contributed by atoms with E-state index in [4.69, 9.17) is 0 Å². The summed E-state index contributed by atoms with van der Waals surface area (Å²) in [5.41, 5.74) is 0.346. The van der Waals surface area contributed by atoms with Gasteiger partial charge in [-0.25, -0.2) is 0 Å². The topological polar surface area (TPSA) is 49.4 Å². The van der Waals surface area contributed by atoms with E-state index in [0.29, 0.717) is 12.5 Å². The first-order chi connectivity index (χ1) is 9.52. The fraction of sp³-hybridized carbons (Fsp3) is 0.500. The minimum absolute atomic E-state index is 0.0464. The summed E-state index contributed by atoms with van der Waals surface area (Å²) in [5.74, 6) is 0.301. The third-order valence-electron chi connectivity index (χ3n) is 4.52. The number of carbonyl (C=O) groups is 2. The maximum absolute atomic E-state index is 12.8. The molecule has 106 valence electrons. The molecule has 0 radical (unpaired) electrons. The fourth-order valence-corrected chi connectivity index (χ4v) is 2.96. The highest BCUT2D eigenvalue weighted by Gasteiger charge is 2.54. The van der Waals surface area contributed by atoms with Crippen LogP contribution in [0.4, 0.5) is 0 Å². The summed E-state index contributed by atoms with van der Waals surface area (Å²) >= 11 is 0. The Morgan fingerprint density at radius 1 is 1.25 bits per heavy atom. The zero-order chi connectivity index (χ0) is 14.3. The van der Waals surface area contributed by atoms with Crippen molar-refractivity contribution in [2.75, 3.05) is 0 Å². The van der Waals surface area contributed by atoms with Gasteiger partial charge >= 0.3 is 0 Å². The molecule has 1 aliphatic carbocycles. The van der Waals surface area contributed by atoms with E-state index in [0.717, 1.165) is 18.4 Å². The molecule has 0 aromatic heterocycles. The van der Waals surface area contributed by atoms with Crippen LogP contribution in [0.1, 0.15) is 32.3 Å². The molecule has 1 aromatic carbocycles. The summed E-state index contributed by atoms with van der Waals surface area (Å²) in [5, 5.41) is 2.94. The van der Waals surface area contributed by atoms with E-state index in [-0.39, 0.29) is 11.8 Å². The zero-order valence-corrected chi connectivity index (χ0v) is 11.9. The van der Waals surface area contributed by atoms with Crippen molar-refractivity contribution in [3.63, 3.8) is 0 Å². The summed E-state index contributed by atoms with van der Waals surface area (Å²) < 4.78 is 0. The van der Waals surface area contributed by atoms with Crippen LogP contribution in [-0.4, -0.2) is 28.3 Å². The van der Waals surface area contributed by atoms with Gasteiger partial charge in [0.2, 0.25) is 11.8 Å². The highest BCUT2D eigenvalue weighted by Crippen LogP contribution is 2.42. The first kappa shape index (κ1) is 13.2. The van der Waals surface area contributed by atoms with Crippen molar-refractivity contribution >= 4 is 11.8 Å². The molecule has 1 saturated carbocycles. The van der Waals surface area contributed by atoms with Gasteiger partial charge in [-0.2, -0.15) is 0 Å². The average molecular weight is 272 g/mol. The van der Waals surface area contributed by atoms with E-state index >= 15 is 0 Å². The molecule has 1 saturated heterocycles. The molecule has 3 rings (SSSR count). The molecule has 0 spiro atoms. The molecular formula is C16H20N2O2. The molecule has 0 bridgehead atoms. The van der Waals surface area contributed by atoms with E-state index in [1.54, 1.807) is 11.8 Å². The molecule has 20 heavy (non-hydrogen) atoms. The number of nitrogens with zero attached hydrogens (tertiary/aromatic N) is 1. The molecule has 2 atom stereocenters. The molecule has 4 nitrogen and oxygen atoms in total. The van der Waals surface area contributed by atoms with Gasteiger partial charge in [0.25, 0.3) is 0 Å². The summed E-state index contributed by atoms with van der Waals surface area (Å²) in [6, 6.07) is 9.42. The molecule has 1 heterocycles. The Kier molecular flexibility index (Phi) is 3.04. The average Bonchev–Trinajstić information content (AvgIpc) is 3.27. The number of piperazine rings is 1. The molecule has 1 aromatic rings. The third-order valence-corrected chi connectivity index (χ3v) is 4.52. The van der Waals surface area contributed by atoms with Crippen LogP contribution >= 0.6 is 0 Å². The molecule has 4 heteroatoms. The van der Waals surface area contributed by atoms with Crippen LogP contribution in [0.15, 0.2) is 30.3 Å². The number of benzene rings is 1. The maximum atomic E-state index is 12.8. The highest BCUT2D eigenvalue weighted by atomic mass is 16.2. The summed E-state index contributed by atoms with van der Waals surface area (Å²) in [6.45, 7) is 4.16. The second-order valence-corrected chi connectivity index (χ2v) is 6.06. The predicted molar refractivity (Wildman–Crippen MR) is 75.7 cm³/mol. The Morgan fingerprint density at radius 3 is 2.50 bits per heavy atom. The molecule has 2 amide bonds. The van der Waals surface area contributed by atoms with Crippen molar-refractivity contribution in [1.82, 2.24) is 10.2 Å². The number of carbonyl (C=O) groups excluding carboxylic acids is 2. The van der Waals surface area contributed by atoms with Crippen molar-refractivity contribution in [1.29, 1.82) is 0 Å². The van der Waals surface area contributed by atoms with Crippen molar-refractivity contribution in [3.8, 4) is 0 Å². The van der Waals surface area contributed by atoms with E-state index < -0.39 is 11.6 Å². The molecule has 2 fully saturated rings. The molecule has 1 aliphatic heterocycles. The van der Waals surface area contributed by atoms with E-state index in [1.165, 1.54) is 0 Å². The van der Waals surface area contributed by atoms with E-state index in [1.807, 2.05) is 37.3 Å². The van der Waals surface area contributed by atoms with Gasteiger partial charge in [-0.15, -0.1) is 0 Å².